The highest BCUT2D eigenvalue weighted by molar-refractivity contribution is 9.10. The van der Waals surface area contributed by atoms with Gasteiger partial charge in [-0.25, -0.2) is 0 Å². The molecule has 1 aliphatic carbocycles. The van der Waals surface area contributed by atoms with E-state index in [4.69, 9.17) is 0 Å². The lowest BCUT2D eigenvalue weighted by molar-refractivity contribution is -0.138. The van der Waals surface area contributed by atoms with Crippen LogP contribution in [-0.2, 0) is 6.18 Å². The molecule has 0 aromatic heterocycles. The van der Waals surface area contributed by atoms with E-state index in [1.165, 1.54) is 12.1 Å². The molecule has 21 heavy (non-hydrogen) atoms. The largest absolute Gasteiger partial charge is 0.417 e. The molecular formula is C14H14Br2F3NO. The van der Waals surface area contributed by atoms with Gasteiger partial charge in [0, 0.05) is 21.4 Å². The normalized spacial score (nSPS) is 22.3. The summed E-state index contributed by atoms with van der Waals surface area (Å²) in [6, 6.07) is 3.56. The zero-order chi connectivity index (χ0) is 15.6. The number of alkyl halides is 4. The maximum absolute atomic E-state index is 12.8. The second-order valence-corrected chi connectivity index (χ2v) is 6.62. The van der Waals surface area contributed by atoms with E-state index in [1.807, 2.05) is 0 Å². The van der Waals surface area contributed by atoms with Crippen LogP contribution in [-0.4, -0.2) is 17.3 Å². The van der Waals surface area contributed by atoms with Gasteiger partial charge in [0.15, 0.2) is 0 Å². The number of carbonyl (C=O) groups is 1. The lowest BCUT2D eigenvalue weighted by Gasteiger charge is -2.19. The standard InChI is InChI=1S/C14H14Br2F3NO/c15-7-9-2-1-3-12(9)20-13(21)8-4-5-11(16)10(6-8)14(17,18)19/h4-6,9,12H,1-3,7H2,(H,20,21). The Morgan fingerprint density at radius 3 is 2.67 bits per heavy atom. The van der Waals surface area contributed by atoms with Gasteiger partial charge in [0.2, 0.25) is 0 Å². The number of nitrogens with one attached hydrogen (secondary N) is 1. The first-order valence-corrected chi connectivity index (χ1v) is 8.48. The minimum absolute atomic E-state index is 0.0230. The van der Waals surface area contributed by atoms with Gasteiger partial charge in [-0.2, -0.15) is 13.2 Å². The molecule has 0 saturated heterocycles. The number of benzene rings is 1. The fourth-order valence-corrected chi connectivity index (χ4v) is 3.79. The molecule has 0 heterocycles. The smallest absolute Gasteiger partial charge is 0.349 e. The van der Waals surface area contributed by atoms with Crippen molar-refractivity contribution in [3.8, 4) is 0 Å². The summed E-state index contributed by atoms with van der Waals surface area (Å²) in [4.78, 5) is 12.1. The van der Waals surface area contributed by atoms with E-state index in [0.717, 1.165) is 30.7 Å². The number of halogens is 5. The quantitative estimate of drug-likeness (QED) is 0.691. The van der Waals surface area contributed by atoms with Crippen molar-refractivity contribution in [3.63, 3.8) is 0 Å². The topological polar surface area (TPSA) is 29.1 Å². The molecule has 1 saturated carbocycles. The summed E-state index contributed by atoms with van der Waals surface area (Å²) in [5.41, 5.74) is -0.802. The van der Waals surface area contributed by atoms with Crippen LogP contribution in [0.15, 0.2) is 22.7 Å². The van der Waals surface area contributed by atoms with Crippen molar-refractivity contribution in [3.05, 3.63) is 33.8 Å². The third-order valence-corrected chi connectivity index (χ3v) is 5.23. The first kappa shape index (κ1) is 16.8. The Hall–Kier alpha value is -0.560. The Labute approximate surface area is 137 Å². The second-order valence-electron chi connectivity index (χ2n) is 5.12. The molecule has 1 aromatic carbocycles. The van der Waals surface area contributed by atoms with Crippen LogP contribution >= 0.6 is 31.9 Å². The summed E-state index contributed by atoms with van der Waals surface area (Å²) < 4.78 is 38.5. The molecule has 0 aliphatic heterocycles. The molecule has 1 N–H and O–H groups in total. The molecule has 0 bridgehead atoms. The first-order chi connectivity index (χ1) is 9.82. The molecule has 1 aliphatic rings. The average Bonchev–Trinajstić information content (AvgIpc) is 2.85. The van der Waals surface area contributed by atoms with Crippen molar-refractivity contribution in [1.29, 1.82) is 0 Å². The fourth-order valence-electron chi connectivity index (χ4n) is 2.55. The van der Waals surface area contributed by atoms with Crippen molar-refractivity contribution in [2.45, 2.75) is 31.5 Å². The average molecular weight is 429 g/mol. The lowest BCUT2D eigenvalue weighted by Crippen LogP contribution is -2.38. The zero-order valence-corrected chi connectivity index (χ0v) is 14.2. The molecule has 1 aromatic rings. The summed E-state index contributed by atoms with van der Waals surface area (Å²) in [6.07, 6.45) is -1.58. The third-order valence-electron chi connectivity index (χ3n) is 3.71. The molecule has 0 spiro atoms. The monoisotopic (exact) mass is 427 g/mol. The van der Waals surface area contributed by atoms with Crippen LogP contribution in [0, 0.1) is 5.92 Å². The Morgan fingerprint density at radius 1 is 1.33 bits per heavy atom. The maximum atomic E-state index is 12.8. The van der Waals surface area contributed by atoms with Gasteiger partial charge in [0.05, 0.1) is 5.56 Å². The van der Waals surface area contributed by atoms with Gasteiger partial charge in [0.25, 0.3) is 5.91 Å². The van der Waals surface area contributed by atoms with Crippen LogP contribution in [0.5, 0.6) is 0 Å². The third kappa shape index (κ3) is 4.00. The first-order valence-electron chi connectivity index (χ1n) is 6.56. The molecule has 1 amide bonds. The van der Waals surface area contributed by atoms with E-state index in [9.17, 15) is 18.0 Å². The van der Waals surface area contributed by atoms with Crippen LogP contribution in [0.1, 0.15) is 35.2 Å². The van der Waals surface area contributed by atoms with Crippen molar-refractivity contribution < 1.29 is 18.0 Å². The summed E-state index contributed by atoms with van der Waals surface area (Å²) in [5.74, 6) is -0.114. The maximum Gasteiger partial charge on any atom is 0.417 e. The van der Waals surface area contributed by atoms with Gasteiger partial charge in [-0.15, -0.1) is 0 Å². The van der Waals surface area contributed by atoms with E-state index in [1.54, 1.807) is 0 Å². The highest BCUT2D eigenvalue weighted by Crippen LogP contribution is 2.35. The number of hydrogen-bond acceptors (Lipinski definition) is 1. The summed E-state index contributed by atoms with van der Waals surface area (Å²) in [5, 5.41) is 3.63. The van der Waals surface area contributed by atoms with Crippen molar-refractivity contribution in [2.24, 2.45) is 5.92 Å². The van der Waals surface area contributed by atoms with E-state index >= 15 is 0 Å². The van der Waals surface area contributed by atoms with E-state index in [2.05, 4.69) is 37.2 Å². The van der Waals surface area contributed by atoms with Gasteiger partial charge in [-0.3, -0.25) is 4.79 Å². The van der Waals surface area contributed by atoms with Gasteiger partial charge in [0.1, 0.15) is 0 Å². The zero-order valence-electron chi connectivity index (χ0n) is 11.0. The number of rotatable bonds is 3. The minimum atomic E-state index is -4.49. The highest BCUT2D eigenvalue weighted by Gasteiger charge is 2.34. The van der Waals surface area contributed by atoms with Crippen LogP contribution in [0.25, 0.3) is 0 Å². The predicted octanol–water partition coefficient (Wildman–Crippen LogP) is 4.76. The molecule has 2 unspecified atom stereocenters. The predicted molar refractivity (Wildman–Crippen MR) is 81.5 cm³/mol. The van der Waals surface area contributed by atoms with Crippen LogP contribution in [0.3, 0.4) is 0 Å². The molecule has 2 rings (SSSR count). The second kappa shape index (κ2) is 6.69. The Bertz CT molecular complexity index is 533. The van der Waals surface area contributed by atoms with Crippen molar-refractivity contribution >= 4 is 37.8 Å². The van der Waals surface area contributed by atoms with Crippen molar-refractivity contribution in [1.82, 2.24) is 5.32 Å². The lowest BCUT2D eigenvalue weighted by atomic mass is 10.0. The number of carbonyl (C=O) groups excluding carboxylic acids is 1. The van der Waals surface area contributed by atoms with E-state index < -0.39 is 17.6 Å². The van der Waals surface area contributed by atoms with Gasteiger partial charge in [-0.1, -0.05) is 38.3 Å². The van der Waals surface area contributed by atoms with Gasteiger partial charge in [-0.05, 0) is 37.0 Å². The van der Waals surface area contributed by atoms with Gasteiger partial charge >= 0.3 is 6.18 Å². The Morgan fingerprint density at radius 2 is 2.05 bits per heavy atom. The molecular weight excluding hydrogens is 415 g/mol. The summed E-state index contributed by atoms with van der Waals surface area (Å²) >= 11 is 6.27. The van der Waals surface area contributed by atoms with Crippen LogP contribution in [0.2, 0.25) is 0 Å². The minimum Gasteiger partial charge on any atom is -0.349 e. The number of amides is 1. The Kier molecular flexibility index (Phi) is 5.35. The SMILES string of the molecule is O=C(NC1CCCC1CBr)c1ccc(Br)c(C(F)(F)F)c1. The van der Waals surface area contributed by atoms with Crippen molar-refractivity contribution in [2.75, 3.05) is 5.33 Å². The molecule has 0 radical (unpaired) electrons. The highest BCUT2D eigenvalue weighted by atomic mass is 79.9. The summed E-state index contributed by atoms with van der Waals surface area (Å²) in [7, 11) is 0. The molecule has 1 fully saturated rings. The fraction of sp³-hybridized carbons (Fsp3) is 0.500. The summed E-state index contributed by atoms with van der Waals surface area (Å²) in [6.45, 7) is 0. The van der Waals surface area contributed by atoms with Gasteiger partial charge < -0.3 is 5.32 Å². The molecule has 116 valence electrons. The van der Waals surface area contributed by atoms with Crippen LogP contribution in [0.4, 0.5) is 13.2 Å². The van der Waals surface area contributed by atoms with E-state index in [0.29, 0.717) is 5.92 Å². The number of hydrogen-bond donors (Lipinski definition) is 1. The Balaban J connectivity index is 2.16. The molecule has 7 heteroatoms. The molecule has 2 nitrogen and oxygen atoms in total. The van der Waals surface area contributed by atoms with Crippen LogP contribution < -0.4 is 5.32 Å². The molecule has 2 atom stereocenters. The van der Waals surface area contributed by atoms with E-state index in [-0.39, 0.29) is 16.1 Å².